The Hall–Kier alpha value is -1.58. The van der Waals surface area contributed by atoms with Crippen LogP contribution in [0.4, 0.5) is 0 Å². The summed E-state index contributed by atoms with van der Waals surface area (Å²) in [4.78, 5) is 18.2. The molecule has 1 heterocycles. The monoisotopic (exact) mass is 232 g/mol. The Morgan fingerprint density at radius 2 is 2.18 bits per heavy atom. The van der Waals surface area contributed by atoms with E-state index in [4.69, 9.17) is 0 Å². The topological polar surface area (TPSA) is 53.4 Å². The van der Waals surface area contributed by atoms with Crippen molar-refractivity contribution in [3.05, 3.63) is 24.0 Å². The van der Waals surface area contributed by atoms with Crippen molar-refractivity contribution >= 4 is 5.91 Å². The second kappa shape index (κ2) is 4.02. The van der Waals surface area contributed by atoms with E-state index in [2.05, 4.69) is 4.98 Å². The number of amides is 1. The molecule has 0 spiro atoms. The average molecular weight is 232 g/mol. The van der Waals surface area contributed by atoms with Gasteiger partial charge in [-0.05, 0) is 43.7 Å². The molecule has 0 saturated heterocycles. The van der Waals surface area contributed by atoms with Gasteiger partial charge in [-0.2, -0.15) is 0 Å². The molecule has 0 radical (unpaired) electrons. The summed E-state index contributed by atoms with van der Waals surface area (Å²) in [6.07, 6.45) is 6.18. The van der Waals surface area contributed by atoms with Crippen LogP contribution in [0.3, 0.4) is 0 Å². The lowest BCUT2D eigenvalue weighted by molar-refractivity contribution is 0.0725. The highest BCUT2D eigenvalue weighted by molar-refractivity contribution is 5.95. The molecule has 0 bridgehead atoms. The van der Waals surface area contributed by atoms with Gasteiger partial charge in [0.15, 0.2) is 5.69 Å². The highest BCUT2D eigenvalue weighted by atomic mass is 16.3. The molecule has 2 aliphatic rings. The first-order chi connectivity index (χ1) is 8.25. The van der Waals surface area contributed by atoms with Gasteiger partial charge >= 0.3 is 0 Å². The predicted molar refractivity (Wildman–Crippen MR) is 62.7 cm³/mol. The maximum atomic E-state index is 12.3. The maximum Gasteiger partial charge on any atom is 0.276 e. The summed E-state index contributed by atoms with van der Waals surface area (Å²) in [7, 11) is 0. The van der Waals surface area contributed by atoms with Crippen LogP contribution in [0.2, 0.25) is 0 Å². The predicted octanol–water partition coefficient (Wildman–Crippen LogP) is 1.80. The van der Waals surface area contributed by atoms with E-state index in [0.29, 0.717) is 12.0 Å². The van der Waals surface area contributed by atoms with Gasteiger partial charge in [0.25, 0.3) is 5.91 Å². The Kier molecular flexibility index (Phi) is 2.50. The summed E-state index contributed by atoms with van der Waals surface area (Å²) >= 11 is 0. The van der Waals surface area contributed by atoms with Crippen molar-refractivity contribution in [1.29, 1.82) is 0 Å². The maximum absolute atomic E-state index is 12.3. The highest BCUT2D eigenvalue weighted by Crippen LogP contribution is 2.36. The van der Waals surface area contributed by atoms with Crippen LogP contribution in [0.25, 0.3) is 0 Å². The molecule has 0 aromatic carbocycles. The van der Waals surface area contributed by atoms with Gasteiger partial charge in [0, 0.05) is 18.8 Å². The van der Waals surface area contributed by atoms with Crippen LogP contribution in [-0.4, -0.2) is 33.5 Å². The molecule has 4 nitrogen and oxygen atoms in total. The fourth-order valence-electron chi connectivity index (χ4n) is 2.06. The Morgan fingerprint density at radius 3 is 2.76 bits per heavy atom. The van der Waals surface area contributed by atoms with Gasteiger partial charge in [-0.25, -0.2) is 4.98 Å². The summed E-state index contributed by atoms with van der Waals surface area (Å²) in [5, 5.41) is 9.67. The number of carbonyl (C=O) groups excluding carboxylic acids is 1. The fraction of sp³-hybridized carbons (Fsp3) is 0.538. The van der Waals surface area contributed by atoms with Crippen LogP contribution in [0, 0.1) is 5.92 Å². The minimum absolute atomic E-state index is 0.0149. The number of aromatic hydroxyl groups is 1. The highest BCUT2D eigenvalue weighted by Gasteiger charge is 2.37. The first-order valence-corrected chi connectivity index (χ1v) is 6.20. The second-order valence-corrected chi connectivity index (χ2v) is 5.00. The number of aromatic nitrogens is 1. The number of rotatable bonds is 4. The van der Waals surface area contributed by atoms with E-state index >= 15 is 0 Å². The van der Waals surface area contributed by atoms with E-state index in [9.17, 15) is 9.90 Å². The zero-order valence-corrected chi connectivity index (χ0v) is 9.67. The van der Waals surface area contributed by atoms with E-state index in [1.807, 2.05) is 4.90 Å². The van der Waals surface area contributed by atoms with Gasteiger partial charge in [-0.1, -0.05) is 0 Å². The summed E-state index contributed by atoms with van der Waals surface area (Å²) in [6.45, 7) is 0.833. The van der Waals surface area contributed by atoms with Crippen molar-refractivity contribution in [3.63, 3.8) is 0 Å². The molecule has 90 valence electrons. The van der Waals surface area contributed by atoms with Crippen LogP contribution in [0.15, 0.2) is 18.3 Å². The molecule has 4 heteroatoms. The summed E-state index contributed by atoms with van der Waals surface area (Å²) < 4.78 is 0. The number of pyridine rings is 1. The molecule has 2 fully saturated rings. The summed E-state index contributed by atoms with van der Waals surface area (Å²) in [5.74, 6) is 0.543. The van der Waals surface area contributed by atoms with E-state index in [0.717, 1.165) is 19.4 Å². The number of nitrogens with zero attached hydrogens (tertiary/aromatic N) is 2. The quantitative estimate of drug-likeness (QED) is 0.861. The molecule has 1 N–H and O–H groups in total. The third-order valence-corrected chi connectivity index (χ3v) is 3.39. The summed E-state index contributed by atoms with van der Waals surface area (Å²) in [6, 6.07) is 3.53. The van der Waals surface area contributed by atoms with E-state index in [1.54, 1.807) is 12.3 Å². The van der Waals surface area contributed by atoms with Crippen molar-refractivity contribution in [2.24, 2.45) is 5.92 Å². The molecule has 0 unspecified atom stereocenters. The van der Waals surface area contributed by atoms with Gasteiger partial charge in [0.2, 0.25) is 0 Å². The molecule has 1 amide bonds. The summed E-state index contributed by atoms with van der Waals surface area (Å²) in [5.41, 5.74) is 0.194. The fourth-order valence-corrected chi connectivity index (χ4v) is 2.06. The average Bonchev–Trinajstić information content (AvgIpc) is 3.17. The van der Waals surface area contributed by atoms with Crippen LogP contribution >= 0.6 is 0 Å². The van der Waals surface area contributed by atoms with Crippen molar-refractivity contribution in [1.82, 2.24) is 9.88 Å². The van der Waals surface area contributed by atoms with Crippen LogP contribution in [-0.2, 0) is 0 Å². The molecule has 2 saturated carbocycles. The van der Waals surface area contributed by atoms with E-state index < -0.39 is 0 Å². The third kappa shape index (κ3) is 2.25. The second-order valence-electron chi connectivity index (χ2n) is 5.00. The SMILES string of the molecule is O=C(c1ncccc1O)N(CC1CC1)C1CC1. The van der Waals surface area contributed by atoms with Crippen molar-refractivity contribution in [3.8, 4) is 5.75 Å². The lowest BCUT2D eigenvalue weighted by Gasteiger charge is -2.22. The molecular formula is C13H16N2O2. The third-order valence-electron chi connectivity index (χ3n) is 3.39. The molecule has 1 aromatic heterocycles. The largest absolute Gasteiger partial charge is 0.505 e. The Bertz CT molecular complexity index is 439. The minimum Gasteiger partial charge on any atom is -0.505 e. The normalized spacial score (nSPS) is 19.1. The molecule has 0 aliphatic heterocycles. The van der Waals surface area contributed by atoms with Crippen molar-refractivity contribution < 1.29 is 9.90 Å². The Labute approximate surface area is 100 Å². The molecule has 0 atom stereocenters. The van der Waals surface area contributed by atoms with Crippen molar-refractivity contribution in [2.45, 2.75) is 31.7 Å². The van der Waals surface area contributed by atoms with Crippen molar-refractivity contribution in [2.75, 3.05) is 6.54 Å². The van der Waals surface area contributed by atoms with Gasteiger partial charge in [-0.15, -0.1) is 0 Å². The molecule has 2 aliphatic carbocycles. The zero-order valence-electron chi connectivity index (χ0n) is 9.67. The Morgan fingerprint density at radius 1 is 1.41 bits per heavy atom. The van der Waals surface area contributed by atoms with Crippen LogP contribution in [0.1, 0.15) is 36.2 Å². The number of hydrogen-bond acceptors (Lipinski definition) is 3. The first kappa shape index (κ1) is 10.6. The molecule has 1 aromatic rings. The lowest BCUT2D eigenvalue weighted by Crippen LogP contribution is -2.35. The van der Waals surface area contributed by atoms with Gasteiger partial charge < -0.3 is 10.0 Å². The Balaban J connectivity index is 1.80. The first-order valence-electron chi connectivity index (χ1n) is 6.20. The van der Waals surface area contributed by atoms with Gasteiger partial charge in [0.05, 0.1) is 0 Å². The minimum atomic E-state index is -0.113. The lowest BCUT2D eigenvalue weighted by atomic mass is 10.2. The smallest absolute Gasteiger partial charge is 0.276 e. The van der Waals surface area contributed by atoms with Crippen LogP contribution in [0.5, 0.6) is 5.75 Å². The van der Waals surface area contributed by atoms with Gasteiger partial charge in [-0.3, -0.25) is 4.79 Å². The van der Waals surface area contributed by atoms with E-state index in [1.165, 1.54) is 18.9 Å². The standard InChI is InChI=1S/C13H16N2O2/c16-11-2-1-7-14-12(11)13(17)15(10-5-6-10)8-9-3-4-9/h1-2,7,9-10,16H,3-6,8H2. The van der Waals surface area contributed by atoms with Crippen LogP contribution < -0.4 is 0 Å². The zero-order chi connectivity index (χ0) is 11.8. The molecule has 3 rings (SSSR count). The van der Waals surface area contributed by atoms with E-state index in [-0.39, 0.29) is 17.4 Å². The number of hydrogen-bond donors (Lipinski definition) is 1. The molecule has 17 heavy (non-hydrogen) atoms. The van der Waals surface area contributed by atoms with Gasteiger partial charge in [0.1, 0.15) is 5.75 Å². The number of carbonyl (C=O) groups is 1. The molecular weight excluding hydrogens is 216 g/mol.